The van der Waals surface area contributed by atoms with Gasteiger partial charge in [0.05, 0.1) is 40.4 Å². The summed E-state index contributed by atoms with van der Waals surface area (Å²) in [6, 6.07) is 35.6. The predicted octanol–water partition coefficient (Wildman–Crippen LogP) is 7.09. The van der Waals surface area contributed by atoms with Crippen molar-refractivity contribution in [2.75, 3.05) is 49.5 Å². The molecule has 1 fully saturated rings. The number of anilines is 4. The Bertz CT molecular complexity index is 3550. The maximum Gasteiger partial charge on any atom is 0.355 e. The standard InChI is InChI=1S/C30H38N6O4Si.C24H24N6O4.C4H8O/c1-30(2,3)41(5,6)40-25-15-11-21(12-16-25)19-35-27(33-18-23-8-7-17-32-26(23)31)34-28(37)36(29(35)38)20-22-9-13-24(39-4)14-10-22;1-34-20-10-6-17(7-11-20)15-30-23(32)28-22(27-13-18-3-2-12-26-21(18)25)29(24(30)33)14-16-4-8-19(31)9-5-16;1-2-4-5-3-1/h7-17H,18-20H2,1-6H3,(H2,31,32)(H,33,34,37);2-12,31H,13-15H2,1H3,(H2,25,26)(H,27,28,32);1-4H2. The van der Waals surface area contributed by atoms with E-state index in [2.05, 4.69) is 64.4 Å². The fourth-order valence-electron chi connectivity index (χ4n) is 7.85. The first-order valence-corrected chi connectivity index (χ1v) is 28.9. The third-order valence-corrected chi connectivity index (χ3v) is 17.9. The summed E-state index contributed by atoms with van der Waals surface area (Å²) in [6.07, 6.45) is 5.74. The molecule has 0 atom stereocenters. The zero-order chi connectivity index (χ0) is 57.4. The lowest BCUT2D eigenvalue weighted by atomic mass is 10.2. The summed E-state index contributed by atoms with van der Waals surface area (Å²) >= 11 is 0. The van der Waals surface area contributed by atoms with Gasteiger partial charge in [0.15, 0.2) is 0 Å². The van der Waals surface area contributed by atoms with E-state index >= 15 is 0 Å². The van der Waals surface area contributed by atoms with Crippen molar-refractivity contribution < 1.29 is 23.7 Å². The van der Waals surface area contributed by atoms with Crippen LogP contribution in [0.3, 0.4) is 0 Å². The average molecular weight is 1110 g/mol. The number of pyridine rings is 2. The highest BCUT2D eigenvalue weighted by molar-refractivity contribution is 6.74. The Kier molecular flexibility index (Phi) is 19.8. The fraction of sp³-hybridized carbons (Fsp3) is 0.310. The number of phenols is 1. The summed E-state index contributed by atoms with van der Waals surface area (Å²) in [5.41, 5.74) is 14.1. The number of nitrogens with one attached hydrogen (secondary N) is 2. The maximum absolute atomic E-state index is 13.8. The van der Waals surface area contributed by atoms with E-state index < -0.39 is 31.1 Å². The second kappa shape index (κ2) is 27.0. The summed E-state index contributed by atoms with van der Waals surface area (Å²) in [6.45, 7) is 13.9. The molecule has 0 aliphatic carbocycles. The summed E-state index contributed by atoms with van der Waals surface area (Å²) in [5, 5.41) is 15.8. The van der Waals surface area contributed by atoms with Gasteiger partial charge >= 0.3 is 22.8 Å². The number of nitrogens with two attached hydrogens (primary N) is 2. The molecule has 0 bridgehead atoms. The lowest BCUT2D eigenvalue weighted by molar-refractivity contribution is 0.198. The lowest BCUT2D eigenvalue weighted by Gasteiger charge is -2.36. The third kappa shape index (κ3) is 15.8. The van der Waals surface area contributed by atoms with Crippen LogP contribution in [0.5, 0.6) is 23.0 Å². The van der Waals surface area contributed by atoms with E-state index in [1.54, 1.807) is 93.3 Å². The number of nitrogen functional groups attached to an aromatic ring is 2. The number of nitrogens with zero attached hydrogens (tertiary/aromatic N) is 8. The Hall–Kier alpha value is -9.02. The van der Waals surface area contributed by atoms with Gasteiger partial charge in [0.25, 0.3) is 0 Å². The summed E-state index contributed by atoms with van der Waals surface area (Å²) in [4.78, 5) is 69.6. The minimum absolute atomic E-state index is 0.0556. The molecule has 9 rings (SSSR count). The first-order chi connectivity index (χ1) is 38.3. The van der Waals surface area contributed by atoms with Crippen LogP contribution in [0.4, 0.5) is 23.5 Å². The molecule has 5 heterocycles. The Morgan fingerprint density at radius 3 is 1.26 bits per heavy atom. The molecule has 4 aromatic heterocycles. The van der Waals surface area contributed by atoms with Crippen molar-refractivity contribution in [2.45, 2.75) is 91.0 Å². The van der Waals surface area contributed by atoms with Gasteiger partial charge in [-0.3, -0.25) is 9.13 Å². The molecule has 22 heteroatoms. The second-order valence-corrected chi connectivity index (χ2v) is 25.1. The molecule has 420 valence electrons. The lowest BCUT2D eigenvalue weighted by Crippen LogP contribution is -2.43. The normalized spacial score (nSPS) is 12.1. The zero-order valence-electron chi connectivity index (χ0n) is 46.2. The summed E-state index contributed by atoms with van der Waals surface area (Å²) in [5.74, 6) is 3.23. The number of rotatable bonds is 18. The molecule has 4 aromatic carbocycles. The molecule has 1 aliphatic heterocycles. The monoisotopic (exact) mass is 1110 g/mol. The van der Waals surface area contributed by atoms with Gasteiger partial charge in [-0.1, -0.05) is 81.4 Å². The van der Waals surface area contributed by atoms with Gasteiger partial charge in [-0.15, -0.1) is 0 Å². The number of hydrogen-bond donors (Lipinski definition) is 5. The Morgan fingerprint density at radius 1 is 0.562 bits per heavy atom. The summed E-state index contributed by atoms with van der Waals surface area (Å²) in [7, 11) is 1.15. The topological polar surface area (TPSA) is 273 Å². The van der Waals surface area contributed by atoms with Gasteiger partial charge in [0.1, 0.15) is 34.6 Å². The van der Waals surface area contributed by atoms with Gasteiger partial charge in [0.2, 0.25) is 20.2 Å². The average Bonchev–Trinajstić information content (AvgIpc) is 4.06. The van der Waals surface area contributed by atoms with Crippen LogP contribution in [0.25, 0.3) is 0 Å². The van der Waals surface area contributed by atoms with Crippen molar-refractivity contribution >= 4 is 31.8 Å². The number of benzene rings is 4. The highest BCUT2D eigenvalue weighted by atomic mass is 28.4. The zero-order valence-corrected chi connectivity index (χ0v) is 47.2. The molecular weight excluding hydrogens is 1040 g/mol. The smallest absolute Gasteiger partial charge is 0.355 e. The van der Waals surface area contributed by atoms with Crippen molar-refractivity contribution in [3.05, 3.63) is 209 Å². The molecule has 0 unspecified atom stereocenters. The van der Waals surface area contributed by atoms with Crippen LogP contribution in [-0.2, 0) is 44.0 Å². The molecule has 7 N–H and O–H groups in total. The van der Waals surface area contributed by atoms with Crippen LogP contribution in [0.2, 0.25) is 18.1 Å². The number of methoxy groups -OCH3 is 2. The largest absolute Gasteiger partial charge is 0.544 e. The van der Waals surface area contributed by atoms with Crippen molar-refractivity contribution in [1.29, 1.82) is 0 Å². The van der Waals surface area contributed by atoms with Gasteiger partial charge in [0, 0.05) is 49.8 Å². The predicted molar refractivity (Wildman–Crippen MR) is 312 cm³/mol. The first-order valence-electron chi connectivity index (χ1n) is 26.0. The van der Waals surface area contributed by atoms with E-state index in [1.807, 2.05) is 42.5 Å². The molecule has 0 radical (unpaired) electrons. The Balaban J connectivity index is 0.000000215. The van der Waals surface area contributed by atoms with E-state index in [0.717, 1.165) is 55.9 Å². The minimum Gasteiger partial charge on any atom is -0.544 e. The van der Waals surface area contributed by atoms with E-state index in [1.165, 1.54) is 34.1 Å². The van der Waals surface area contributed by atoms with Crippen molar-refractivity contribution in [2.24, 2.45) is 0 Å². The highest BCUT2D eigenvalue weighted by Crippen LogP contribution is 2.37. The van der Waals surface area contributed by atoms with E-state index in [0.29, 0.717) is 28.7 Å². The number of phenolic OH excluding ortho intramolecular Hbond substituents is 1. The van der Waals surface area contributed by atoms with Crippen LogP contribution in [0.1, 0.15) is 67.0 Å². The van der Waals surface area contributed by atoms with E-state index in [9.17, 15) is 24.3 Å². The Labute approximate surface area is 464 Å². The molecule has 0 spiro atoms. The molecule has 8 aromatic rings. The fourth-order valence-corrected chi connectivity index (χ4v) is 8.88. The molecule has 1 saturated heterocycles. The molecule has 21 nitrogen and oxygen atoms in total. The van der Waals surface area contributed by atoms with Crippen molar-refractivity contribution in [3.8, 4) is 23.0 Å². The molecule has 1 aliphatic rings. The third-order valence-electron chi connectivity index (χ3n) is 13.6. The molecule has 80 heavy (non-hydrogen) atoms. The SMILES string of the molecule is C1CCOC1.COc1ccc(Cn2c(=O)nc(NCc3cccnc3N)n(Cc3ccc(O)cc3)c2=O)cc1.COc1ccc(Cn2c(=O)nc(NCc3cccnc3N)n(Cc3ccc(O[Si](C)(C)C(C)(C)C)cc3)c2=O)cc1. The quantitative estimate of drug-likeness (QED) is 0.0537. The van der Waals surface area contributed by atoms with Gasteiger partial charge in [-0.2, -0.15) is 9.97 Å². The van der Waals surface area contributed by atoms with Crippen LogP contribution in [0.15, 0.2) is 153 Å². The second-order valence-electron chi connectivity index (χ2n) is 20.3. The summed E-state index contributed by atoms with van der Waals surface area (Å²) < 4.78 is 26.8. The van der Waals surface area contributed by atoms with Crippen LogP contribution in [0, 0.1) is 0 Å². The highest BCUT2D eigenvalue weighted by Gasteiger charge is 2.39. The molecule has 0 saturated carbocycles. The molecule has 0 amide bonds. The number of aromatic nitrogens is 8. The number of ether oxygens (including phenoxy) is 3. The molecular formula is C58H70N12O9Si. The Morgan fingerprint density at radius 2 is 0.925 bits per heavy atom. The van der Waals surface area contributed by atoms with E-state index in [-0.39, 0.29) is 62.0 Å². The van der Waals surface area contributed by atoms with Crippen LogP contribution < -0.4 is 58.8 Å². The number of hydrogen-bond acceptors (Lipinski definition) is 17. The van der Waals surface area contributed by atoms with Crippen molar-refractivity contribution in [1.82, 2.24) is 38.2 Å². The van der Waals surface area contributed by atoms with Gasteiger partial charge < -0.3 is 45.8 Å². The van der Waals surface area contributed by atoms with E-state index in [4.69, 9.17) is 30.1 Å². The number of aromatic hydroxyl groups is 1. The van der Waals surface area contributed by atoms with Gasteiger partial charge in [-0.05, 0) is 114 Å². The van der Waals surface area contributed by atoms with Crippen molar-refractivity contribution in [3.63, 3.8) is 0 Å². The van der Waals surface area contributed by atoms with Gasteiger partial charge in [-0.25, -0.2) is 38.3 Å². The van der Waals surface area contributed by atoms with Crippen LogP contribution >= 0.6 is 0 Å². The van der Waals surface area contributed by atoms with Crippen LogP contribution in [-0.4, -0.2) is 79.1 Å². The minimum atomic E-state index is -2.00. The first kappa shape index (κ1) is 58.7. The maximum atomic E-state index is 13.8.